The summed E-state index contributed by atoms with van der Waals surface area (Å²) < 4.78 is 44.3. The fourth-order valence-corrected chi connectivity index (χ4v) is 3.99. The standard InChI is InChI=1S/C24H20F3N5O2/c1-34-22-3-2-15(23(33)31-19-9-17(12-29-13-19)24(25,26)27)8-21(22)16-5-7-32(14-16)20-4-6-30-18(10-20)11-28/h2-4,6,8-10,12-13,16H,5,7,14H2,1H3,(H,31,33). The van der Waals surface area contributed by atoms with Gasteiger partial charge in [0.15, 0.2) is 0 Å². The molecule has 1 unspecified atom stereocenters. The van der Waals surface area contributed by atoms with E-state index in [9.17, 15) is 18.0 Å². The zero-order valence-corrected chi connectivity index (χ0v) is 18.1. The Hall–Kier alpha value is -4.13. The summed E-state index contributed by atoms with van der Waals surface area (Å²) in [5, 5.41) is 11.6. The molecule has 0 bridgehead atoms. The van der Waals surface area contributed by atoms with Crippen molar-refractivity contribution in [2.75, 3.05) is 30.4 Å². The smallest absolute Gasteiger partial charge is 0.417 e. The van der Waals surface area contributed by atoms with Crippen molar-refractivity contribution >= 4 is 17.3 Å². The van der Waals surface area contributed by atoms with Crippen LogP contribution in [0.3, 0.4) is 0 Å². The molecular formula is C24H20F3N5O2. The van der Waals surface area contributed by atoms with Crippen LogP contribution in [0.15, 0.2) is 55.0 Å². The van der Waals surface area contributed by atoms with E-state index in [1.807, 2.05) is 12.1 Å². The normalized spacial score (nSPS) is 15.6. The summed E-state index contributed by atoms with van der Waals surface area (Å²) in [5.41, 5.74) is 1.36. The number of nitriles is 1. The number of alkyl halides is 3. The molecule has 1 fully saturated rings. The first-order valence-corrected chi connectivity index (χ1v) is 10.4. The number of anilines is 2. The van der Waals surface area contributed by atoms with E-state index in [4.69, 9.17) is 10.00 Å². The van der Waals surface area contributed by atoms with Crippen LogP contribution in [0.2, 0.25) is 0 Å². The fourth-order valence-electron chi connectivity index (χ4n) is 3.99. The Morgan fingerprint density at radius 3 is 2.79 bits per heavy atom. The van der Waals surface area contributed by atoms with Gasteiger partial charge < -0.3 is 15.0 Å². The van der Waals surface area contributed by atoms with Gasteiger partial charge in [0.05, 0.1) is 24.6 Å². The maximum absolute atomic E-state index is 12.9. The Morgan fingerprint density at radius 1 is 1.24 bits per heavy atom. The minimum atomic E-state index is -4.56. The van der Waals surface area contributed by atoms with Gasteiger partial charge in [0.2, 0.25) is 0 Å². The van der Waals surface area contributed by atoms with Crippen molar-refractivity contribution < 1.29 is 22.7 Å². The van der Waals surface area contributed by atoms with Gasteiger partial charge in [-0.25, -0.2) is 4.98 Å². The lowest BCUT2D eigenvalue weighted by Gasteiger charge is -2.20. The topological polar surface area (TPSA) is 91.1 Å². The van der Waals surface area contributed by atoms with E-state index >= 15 is 0 Å². The van der Waals surface area contributed by atoms with Gasteiger partial charge in [-0.15, -0.1) is 0 Å². The average Bonchev–Trinajstić information content (AvgIpc) is 3.33. The highest BCUT2D eigenvalue weighted by Gasteiger charge is 2.31. The van der Waals surface area contributed by atoms with E-state index in [0.717, 1.165) is 36.5 Å². The van der Waals surface area contributed by atoms with Crippen molar-refractivity contribution in [3.05, 3.63) is 77.4 Å². The molecule has 3 aromatic rings. The molecular weight excluding hydrogens is 447 g/mol. The number of carbonyl (C=O) groups excluding carboxylic acids is 1. The van der Waals surface area contributed by atoms with Crippen LogP contribution in [-0.4, -0.2) is 36.1 Å². The molecule has 4 rings (SSSR count). The van der Waals surface area contributed by atoms with Crippen molar-refractivity contribution in [2.24, 2.45) is 0 Å². The molecule has 0 radical (unpaired) electrons. The summed E-state index contributed by atoms with van der Waals surface area (Å²) in [6, 6.07) is 11.4. The van der Waals surface area contributed by atoms with Gasteiger partial charge >= 0.3 is 6.18 Å². The maximum atomic E-state index is 12.9. The second kappa shape index (κ2) is 9.39. The maximum Gasteiger partial charge on any atom is 0.417 e. The van der Waals surface area contributed by atoms with Crippen LogP contribution in [0.4, 0.5) is 24.5 Å². The predicted molar refractivity (Wildman–Crippen MR) is 119 cm³/mol. The molecule has 0 aliphatic carbocycles. The predicted octanol–water partition coefficient (Wildman–Crippen LogP) is 4.62. The Labute approximate surface area is 193 Å². The summed E-state index contributed by atoms with van der Waals surface area (Å²) in [5.74, 6) is 0.126. The van der Waals surface area contributed by atoms with Crippen LogP contribution in [0, 0.1) is 11.3 Å². The summed E-state index contributed by atoms with van der Waals surface area (Å²) in [4.78, 5) is 22.5. The van der Waals surface area contributed by atoms with Crippen molar-refractivity contribution in [3.63, 3.8) is 0 Å². The van der Waals surface area contributed by atoms with Gasteiger partial charge in [-0.1, -0.05) is 0 Å². The monoisotopic (exact) mass is 467 g/mol. The average molecular weight is 467 g/mol. The number of methoxy groups -OCH3 is 1. The number of aromatic nitrogens is 2. The van der Waals surface area contributed by atoms with Gasteiger partial charge in [0, 0.05) is 42.7 Å². The lowest BCUT2D eigenvalue weighted by Crippen LogP contribution is -2.19. The Bertz CT molecular complexity index is 1260. The van der Waals surface area contributed by atoms with Crippen molar-refractivity contribution in [1.82, 2.24) is 9.97 Å². The third kappa shape index (κ3) is 4.93. The highest BCUT2D eigenvalue weighted by Crippen LogP contribution is 2.36. The molecule has 3 heterocycles. The molecule has 10 heteroatoms. The Balaban J connectivity index is 1.54. The molecule has 2 aromatic heterocycles. The van der Waals surface area contributed by atoms with E-state index in [0.29, 0.717) is 29.7 Å². The number of hydrogen-bond donors (Lipinski definition) is 1. The minimum Gasteiger partial charge on any atom is -0.496 e. The molecule has 1 aliphatic heterocycles. The summed E-state index contributed by atoms with van der Waals surface area (Å²) in [6.45, 7) is 1.39. The van der Waals surface area contributed by atoms with Crippen LogP contribution in [0.25, 0.3) is 0 Å². The van der Waals surface area contributed by atoms with Gasteiger partial charge in [0.25, 0.3) is 5.91 Å². The Morgan fingerprint density at radius 2 is 2.06 bits per heavy atom. The number of amides is 1. The number of pyridine rings is 2. The van der Waals surface area contributed by atoms with Crippen LogP contribution in [0.5, 0.6) is 5.75 Å². The number of ether oxygens (including phenoxy) is 1. The number of nitrogens with zero attached hydrogens (tertiary/aromatic N) is 4. The molecule has 7 nitrogen and oxygen atoms in total. The molecule has 1 aliphatic rings. The number of carbonyl (C=O) groups is 1. The highest BCUT2D eigenvalue weighted by atomic mass is 19.4. The third-order valence-electron chi connectivity index (χ3n) is 5.67. The number of halogens is 3. The number of benzene rings is 1. The van der Waals surface area contributed by atoms with Gasteiger partial charge in [-0.3, -0.25) is 9.78 Å². The molecule has 1 aromatic carbocycles. The first kappa shape index (κ1) is 23.0. The Kier molecular flexibility index (Phi) is 6.36. The summed E-state index contributed by atoms with van der Waals surface area (Å²) in [6.07, 6.45) is -0.303. The second-order valence-electron chi connectivity index (χ2n) is 7.81. The van der Waals surface area contributed by atoms with Crippen molar-refractivity contribution in [1.29, 1.82) is 5.26 Å². The van der Waals surface area contributed by atoms with Crippen molar-refractivity contribution in [2.45, 2.75) is 18.5 Å². The molecule has 174 valence electrons. The third-order valence-corrected chi connectivity index (χ3v) is 5.67. The first-order chi connectivity index (χ1) is 16.3. The molecule has 1 atom stereocenters. The molecule has 0 saturated carbocycles. The zero-order valence-electron chi connectivity index (χ0n) is 18.1. The largest absolute Gasteiger partial charge is 0.496 e. The number of rotatable bonds is 5. The minimum absolute atomic E-state index is 0.0461. The lowest BCUT2D eigenvalue weighted by molar-refractivity contribution is -0.137. The van der Waals surface area contributed by atoms with Gasteiger partial charge in [0.1, 0.15) is 17.5 Å². The van der Waals surface area contributed by atoms with E-state index in [1.54, 1.807) is 37.6 Å². The number of hydrogen-bond acceptors (Lipinski definition) is 6. The van der Waals surface area contributed by atoms with E-state index in [1.165, 1.54) is 0 Å². The summed E-state index contributed by atoms with van der Waals surface area (Å²) in [7, 11) is 1.54. The quantitative estimate of drug-likeness (QED) is 0.589. The fraction of sp³-hybridized carbons (Fsp3) is 0.250. The molecule has 1 amide bonds. The molecule has 0 spiro atoms. The SMILES string of the molecule is COc1ccc(C(=O)Nc2cncc(C(F)(F)F)c2)cc1C1CCN(c2ccnc(C#N)c2)C1. The number of nitrogens with one attached hydrogen (secondary N) is 1. The van der Waals surface area contributed by atoms with Crippen LogP contribution in [0.1, 0.15) is 39.5 Å². The molecule has 34 heavy (non-hydrogen) atoms. The van der Waals surface area contributed by atoms with Gasteiger partial charge in [-0.2, -0.15) is 18.4 Å². The first-order valence-electron chi connectivity index (χ1n) is 10.4. The van der Waals surface area contributed by atoms with Gasteiger partial charge in [-0.05, 0) is 48.4 Å². The van der Waals surface area contributed by atoms with E-state index < -0.39 is 17.6 Å². The second-order valence-corrected chi connectivity index (χ2v) is 7.81. The van der Waals surface area contributed by atoms with Crippen LogP contribution < -0.4 is 15.0 Å². The van der Waals surface area contributed by atoms with E-state index in [2.05, 4.69) is 20.2 Å². The van der Waals surface area contributed by atoms with Crippen LogP contribution in [-0.2, 0) is 6.18 Å². The molecule has 1 saturated heterocycles. The van der Waals surface area contributed by atoms with E-state index in [-0.39, 0.29) is 11.6 Å². The van der Waals surface area contributed by atoms with Crippen molar-refractivity contribution in [3.8, 4) is 11.8 Å². The zero-order chi connectivity index (χ0) is 24.3. The van der Waals surface area contributed by atoms with Crippen LogP contribution >= 0.6 is 0 Å². The summed E-state index contributed by atoms with van der Waals surface area (Å²) >= 11 is 0. The highest BCUT2D eigenvalue weighted by molar-refractivity contribution is 6.04. The molecule has 1 N–H and O–H groups in total. The lowest BCUT2D eigenvalue weighted by atomic mass is 9.95.